The lowest BCUT2D eigenvalue weighted by Gasteiger charge is -2.25. The monoisotopic (exact) mass is 283 g/mol. The van der Waals surface area contributed by atoms with E-state index in [1.807, 2.05) is 18.5 Å². The van der Waals surface area contributed by atoms with Crippen molar-refractivity contribution < 1.29 is 0 Å². The molecule has 2 aliphatic heterocycles. The summed E-state index contributed by atoms with van der Waals surface area (Å²) in [6, 6.07) is 6.72. The first-order valence-electron chi connectivity index (χ1n) is 7.86. The van der Waals surface area contributed by atoms with Crippen LogP contribution < -0.4 is 10.6 Å². The van der Waals surface area contributed by atoms with Crippen molar-refractivity contribution in [2.45, 2.75) is 31.2 Å². The molecule has 0 bridgehead atoms. The van der Waals surface area contributed by atoms with Gasteiger partial charge in [-0.3, -0.25) is 4.98 Å². The van der Waals surface area contributed by atoms with Gasteiger partial charge in [0.25, 0.3) is 0 Å². The number of hydrogen-bond acceptors (Lipinski definition) is 4. The van der Waals surface area contributed by atoms with E-state index in [1.54, 1.807) is 0 Å². The van der Waals surface area contributed by atoms with E-state index in [0.29, 0.717) is 12.0 Å². The molecule has 21 heavy (non-hydrogen) atoms. The average Bonchev–Trinajstić information content (AvgIpc) is 3.00. The zero-order valence-corrected chi connectivity index (χ0v) is 12.1. The number of rotatable bonds is 2. The highest BCUT2D eigenvalue weighted by Gasteiger charge is 2.26. The van der Waals surface area contributed by atoms with Crippen LogP contribution in [0.1, 0.15) is 42.5 Å². The minimum atomic E-state index is 0.311. The number of pyridine rings is 1. The molecule has 0 amide bonds. The summed E-state index contributed by atoms with van der Waals surface area (Å²) in [4.78, 5) is 4.26. The summed E-state index contributed by atoms with van der Waals surface area (Å²) in [7, 11) is 0. The van der Waals surface area contributed by atoms with E-state index in [1.165, 1.54) is 24.1 Å². The van der Waals surface area contributed by atoms with Crippen LogP contribution in [-0.4, -0.2) is 34.4 Å². The summed E-state index contributed by atoms with van der Waals surface area (Å²) in [6.07, 6.45) is 7.23. The molecule has 5 heteroatoms. The lowest BCUT2D eigenvalue weighted by molar-refractivity contribution is 0.434. The van der Waals surface area contributed by atoms with Crippen LogP contribution in [0.25, 0.3) is 0 Å². The molecule has 2 N–H and O–H groups in total. The van der Waals surface area contributed by atoms with Crippen LogP contribution in [0, 0.1) is 0 Å². The molecule has 4 rings (SSSR count). The maximum atomic E-state index is 4.93. The Bertz CT molecular complexity index is 600. The molecule has 0 spiro atoms. The lowest BCUT2D eigenvalue weighted by atomic mass is 9.95. The van der Waals surface area contributed by atoms with Crippen molar-refractivity contribution in [1.82, 2.24) is 20.1 Å². The molecule has 5 nitrogen and oxygen atoms in total. The zero-order valence-electron chi connectivity index (χ0n) is 12.1. The molecule has 0 radical (unpaired) electrons. The van der Waals surface area contributed by atoms with Gasteiger partial charge >= 0.3 is 0 Å². The first kappa shape index (κ1) is 12.8. The van der Waals surface area contributed by atoms with Crippen LogP contribution in [0.15, 0.2) is 30.6 Å². The number of piperidine rings is 1. The van der Waals surface area contributed by atoms with E-state index in [0.717, 1.165) is 31.9 Å². The van der Waals surface area contributed by atoms with E-state index < -0.39 is 0 Å². The van der Waals surface area contributed by atoms with Crippen LogP contribution in [0.2, 0.25) is 0 Å². The second kappa shape index (κ2) is 5.48. The van der Waals surface area contributed by atoms with Crippen LogP contribution >= 0.6 is 0 Å². The van der Waals surface area contributed by atoms with Crippen LogP contribution in [0.5, 0.6) is 0 Å². The topological polar surface area (TPSA) is 54.8 Å². The molecule has 1 atom stereocenters. The molecule has 2 aromatic rings. The molecule has 1 fully saturated rings. The van der Waals surface area contributed by atoms with Gasteiger partial charge in [-0.1, -0.05) is 6.07 Å². The summed E-state index contributed by atoms with van der Waals surface area (Å²) in [5.74, 6) is 1.75. The van der Waals surface area contributed by atoms with E-state index in [9.17, 15) is 0 Å². The van der Waals surface area contributed by atoms with Crippen LogP contribution in [0.3, 0.4) is 0 Å². The normalized spacial score (nSPS) is 22.6. The van der Waals surface area contributed by atoms with Crippen molar-refractivity contribution in [1.29, 1.82) is 0 Å². The number of aromatic nitrogens is 3. The van der Waals surface area contributed by atoms with Gasteiger partial charge in [-0.2, -0.15) is 5.10 Å². The minimum Gasteiger partial charge on any atom is -0.370 e. The Morgan fingerprint density at radius 1 is 1.14 bits per heavy atom. The maximum absolute atomic E-state index is 4.93. The summed E-state index contributed by atoms with van der Waals surface area (Å²) >= 11 is 0. The quantitative estimate of drug-likeness (QED) is 0.887. The van der Waals surface area contributed by atoms with Gasteiger partial charge in [0.1, 0.15) is 5.82 Å². The van der Waals surface area contributed by atoms with E-state index in [-0.39, 0.29) is 0 Å². The largest absolute Gasteiger partial charge is 0.370 e. The molecule has 110 valence electrons. The third kappa shape index (κ3) is 2.42. The number of nitrogens with zero attached hydrogens (tertiary/aromatic N) is 3. The number of anilines is 1. The highest BCUT2D eigenvalue weighted by molar-refractivity contribution is 5.42. The minimum absolute atomic E-state index is 0.311. The Labute approximate surface area is 124 Å². The third-order valence-corrected chi connectivity index (χ3v) is 4.60. The molecular formula is C16H21N5. The van der Waals surface area contributed by atoms with Gasteiger partial charge in [-0.25, -0.2) is 4.68 Å². The van der Waals surface area contributed by atoms with Crippen LogP contribution in [0.4, 0.5) is 5.82 Å². The van der Waals surface area contributed by atoms with Gasteiger partial charge in [0.05, 0.1) is 11.7 Å². The molecule has 2 aromatic heterocycles. The summed E-state index contributed by atoms with van der Waals surface area (Å²) in [6.45, 7) is 3.20. The molecule has 2 aliphatic rings. The molecule has 1 saturated heterocycles. The SMILES string of the molecule is c1cncc(C2CCNc3cc(C4CCNCC4)nn32)c1. The van der Waals surface area contributed by atoms with Gasteiger partial charge in [0, 0.05) is 30.9 Å². The molecule has 0 aromatic carbocycles. The van der Waals surface area contributed by atoms with Crippen molar-refractivity contribution in [2.75, 3.05) is 25.0 Å². The highest BCUT2D eigenvalue weighted by atomic mass is 15.4. The fraction of sp³-hybridized carbons (Fsp3) is 0.500. The van der Waals surface area contributed by atoms with Gasteiger partial charge < -0.3 is 10.6 Å². The summed E-state index contributed by atoms with van der Waals surface area (Å²) in [5.41, 5.74) is 2.50. The number of hydrogen-bond donors (Lipinski definition) is 2. The highest BCUT2D eigenvalue weighted by Crippen LogP contribution is 2.33. The Balaban J connectivity index is 1.66. The molecule has 1 unspecified atom stereocenters. The Morgan fingerprint density at radius 3 is 2.86 bits per heavy atom. The van der Waals surface area contributed by atoms with Crippen molar-refractivity contribution in [3.8, 4) is 0 Å². The molecule has 4 heterocycles. The predicted molar refractivity (Wildman–Crippen MR) is 82.6 cm³/mol. The van der Waals surface area contributed by atoms with Gasteiger partial charge in [0.15, 0.2) is 0 Å². The average molecular weight is 283 g/mol. The Hall–Kier alpha value is -1.88. The third-order valence-electron chi connectivity index (χ3n) is 4.60. The van der Waals surface area contributed by atoms with Crippen molar-refractivity contribution >= 4 is 5.82 Å². The predicted octanol–water partition coefficient (Wildman–Crippen LogP) is 2.15. The van der Waals surface area contributed by atoms with Crippen molar-refractivity contribution in [2.24, 2.45) is 0 Å². The second-order valence-electron chi connectivity index (χ2n) is 5.94. The number of nitrogens with one attached hydrogen (secondary N) is 2. The van der Waals surface area contributed by atoms with E-state index in [2.05, 4.69) is 32.4 Å². The number of fused-ring (bicyclic) bond motifs is 1. The maximum Gasteiger partial charge on any atom is 0.125 e. The van der Waals surface area contributed by atoms with Crippen molar-refractivity contribution in [3.63, 3.8) is 0 Å². The molecular weight excluding hydrogens is 262 g/mol. The first-order chi connectivity index (χ1) is 10.4. The van der Waals surface area contributed by atoms with E-state index in [4.69, 9.17) is 5.10 Å². The van der Waals surface area contributed by atoms with Gasteiger partial charge in [-0.05, 0) is 44.0 Å². The van der Waals surface area contributed by atoms with Crippen LogP contribution in [-0.2, 0) is 0 Å². The van der Waals surface area contributed by atoms with E-state index >= 15 is 0 Å². The fourth-order valence-corrected chi connectivity index (χ4v) is 3.44. The second-order valence-corrected chi connectivity index (χ2v) is 5.94. The summed E-state index contributed by atoms with van der Waals surface area (Å²) in [5, 5.41) is 11.8. The fourth-order valence-electron chi connectivity index (χ4n) is 3.44. The Morgan fingerprint density at radius 2 is 2.05 bits per heavy atom. The Kier molecular flexibility index (Phi) is 3.35. The van der Waals surface area contributed by atoms with Gasteiger partial charge in [-0.15, -0.1) is 0 Å². The van der Waals surface area contributed by atoms with Crippen molar-refractivity contribution in [3.05, 3.63) is 41.9 Å². The lowest BCUT2D eigenvalue weighted by Crippen LogP contribution is -2.27. The summed E-state index contributed by atoms with van der Waals surface area (Å²) < 4.78 is 2.16. The molecule has 0 aliphatic carbocycles. The first-order valence-corrected chi connectivity index (χ1v) is 7.86. The smallest absolute Gasteiger partial charge is 0.125 e. The van der Waals surface area contributed by atoms with Gasteiger partial charge in [0.2, 0.25) is 0 Å². The zero-order chi connectivity index (χ0) is 14.1. The molecule has 0 saturated carbocycles. The standard InChI is InChI=1S/C16H21N5/c1-2-13(11-18-6-1)15-5-9-19-16-10-14(20-21(15)16)12-3-7-17-8-4-12/h1-2,6,10-12,15,17,19H,3-5,7-9H2.